The molecule has 2 rings (SSSR count). The van der Waals surface area contributed by atoms with E-state index in [0.29, 0.717) is 12.5 Å². The fraction of sp³-hybridized carbons (Fsp3) is 0.333. The highest BCUT2D eigenvalue weighted by Gasteiger charge is 2.13. The van der Waals surface area contributed by atoms with Crippen molar-refractivity contribution in [1.82, 2.24) is 0 Å². The van der Waals surface area contributed by atoms with Crippen molar-refractivity contribution in [2.75, 3.05) is 13.7 Å². The Kier molecular flexibility index (Phi) is 5.63. The zero-order valence-electron chi connectivity index (χ0n) is 12.1. The van der Waals surface area contributed by atoms with Crippen molar-refractivity contribution in [3.63, 3.8) is 0 Å². The summed E-state index contributed by atoms with van der Waals surface area (Å²) in [4.78, 5) is 0. The van der Waals surface area contributed by atoms with Crippen molar-refractivity contribution >= 4 is 0 Å². The second kappa shape index (κ2) is 7.71. The number of hydrogen-bond acceptors (Lipinski definition) is 2. The van der Waals surface area contributed by atoms with Crippen molar-refractivity contribution in [3.05, 3.63) is 65.7 Å². The minimum atomic E-state index is 0.370. The van der Waals surface area contributed by atoms with Gasteiger partial charge in [0.2, 0.25) is 0 Å². The van der Waals surface area contributed by atoms with E-state index in [4.69, 9.17) is 10.5 Å². The predicted octanol–water partition coefficient (Wildman–Crippen LogP) is 3.76. The molecule has 2 aromatic rings. The second-order valence-electron chi connectivity index (χ2n) is 5.05. The predicted molar refractivity (Wildman–Crippen MR) is 84.2 cm³/mol. The Hall–Kier alpha value is -1.80. The number of methoxy groups -OCH3 is 1. The van der Waals surface area contributed by atoms with Crippen molar-refractivity contribution in [2.24, 2.45) is 5.73 Å². The molecule has 0 radical (unpaired) electrons. The van der Waals surface area contributed by atoms with Gasteiger partial charge in [0.1, 0.15) is 5.75 Å². The van der Waals surface area contributed by atoms with E-state index in [1.54, 1.807) is 7.11 Å². The molecule has 0 bridgehead atoms. The Labute approximate surface area is 121 Å². The van der Waals surface area contributed by atoms with Crippen LogP contribution in [0.15, 0.2) is 54.6 Å². The summed E-state index contributed by atoms with van der Waals surface area (Å²) in [5.41, 5.74) is 8.57. The summed E-state index contributed by atoms with van der Waals surface area (Å²) >= 11 is 0. The molecule has 0 saturated carbocycles. The molecule has 2 aromatic carbocycles. The highest BCUT2D eigenvalue weighted by atomic mass is 16.5. The third-order valence-electron chi connectivity index (χ3n) is 3.72. The monoisotopic (exact) mass is 269 g/mol. The van der Waals surface area contributed by atoms with Gasteiger partial charge >= 0.3 is 0 Å². The van der Waals surface area contributed by atoms with Crippen molar-refractivity contribution in [1.29, 1.82) is 0 Å². The Bertz CT molecular complexity index is 510. The molecule has 0 saturated heterocycles. The molecule has 0 spiro atoms. The fourth-order valence-electron chi connectivity index (χ4n) is 2.60. The van der Waals surface area contributed by atoms with E-state index in [1.165, 1.54) is 11.1 Å². The summed E-state index contributed by atoms with van der Waals surface area (Å²) in [6, 6.07) is 18.8. The molecule has 0 heterocycles. The van der Waals surface area contributed by atoms with Crippen molar-refractivity contribution in [3.8, 4) is 5.75 Å². The maximum absolute atomic E-state index is 5.95. The number of para-hydroxylation sites is 1. The normalized spacial score (nSPS) is 12.1. The Morgan fingerprint density at radius 3 is 2.40 bits per heavy atom. The SMILES string of the molecule is COc1ccccc1C(CN)CCCc1ccccc1. The second-order valence-corrected chi connectivity index (χ2v) is 5.05. The third-order valence-corrected chi connectivity index (χ3v) is 3.72. The van der Waals surface area contributed by atoms with E-state index < -0.39 is 0 Å². The quantitative estimate of drug-likeness (QED) is 0.830. The minimum absolute atomic E-state index is 0.370. The topological polar surface area (TPSA) is 35.2 Å². The third kappa shape index (κ3) is 3.84. The minimum Gasteiger partial charge on any atom is -0.496 e. The Morgan fingerprint density at radius 1 is 1.00 bits per heavy atom. The molecule has 2 nitrogen and oxygen atoms in total. The molecule has 0 fully saturated rings. The molecule has 106 valence electrons. The van der Waals surface area contributed by atoms with Crippen LogP contribution in [0.1, 0.15) is 29.9 Å². The van der Waals surface area contributed by atoms with Gasteiger partial charge in [-0.1, -0.05) is 48.5 Å². The molecule has 20 heavy (non-hydrogen) atoms. The van der Waals surface area contributed by atoms with Gasteiger partial charge in [-0.2, -0.15) is 0 Å². The number of rotatable bonds is 7. The number of nitrogens with two attached hydrogens (primary N) is 1. The lowest BCUT2D eigenvalue weighted by molar-refractivity contribution is 0.403. The van der Waals surface area contributed by atoms with Crippen LogP contribution in [0.25, 0.3) is 0 Å². The first-order valence-corrected chi connectivity index (χ1v) is 7.22. The van der Waals surface area contributed by atoms with Crippen LogP contribution in [0.3, 0.4) is 0 Å². The van der Waals surface area contributed by atoms with Gasteiger partial charge in [0, 0.05) is 0 Å². The summed E-state index contributed by atoms with van der Waals surface area (Å²) in [5.74, 6) is 1.32. The molecule has 0 aliphatic carbocycles. The van der Waals surface area contributed by atoms with Crippen LogP contribution in [0.2, 0.25) is 0 Å². The van der Waals surface area contributed by atoms with Crippen LogP contribution in [-0.2, 0) is 6.42 Å². The summed E-state index contributed by atoms with van der Waals surface area (Å²) < 4.78 is 5.44. The fourth-order valence-corrected chi connectivity index (χ4v) is 2.60. The molecular formula is C18H23NO. The highest BCUT2D eigenvalue weighted by Crippen LogP contribution is 2.29. The van der Waals surface area contributed by atoms with Gasteiger partial charge in [-0.25, -0.2) is 0 Å². The van der Waals surface area contributed by atoms with Crippen molar-refractivity contribution in [2.45, 2.75) is 25.2 Å². The van der Waals surface area contributed by atoms with Crippen molar-refractivity contribution < 1.29 is 4.74 Å². The van der Waals surface area contributed by atoms with E-state index in [9.17, 15) is 0 Å². The zero-order valence-corrected chi connectivity index (χ0v) is 12.1. The average Bonchev–Trinajstić information content (AvgIpc) is 2.53. The van der Waals surface area contributed by atoms with Gasteiger partial charge in [-0.3, -0.25) is 0 Å². The lowest BCUT2D eigenvalue weighted by Crippen LogP contribution is -2.13. The average molecular weight is 269 g/mol. The Morgan fingerprint density at radius 2 is 1.70 bits per heavy atom. The molecular weight excluding hydrogens is 246 g/mol. The Balaban J connectivity index is 1.95. The van der Waals surface area contributed by atoms with Crippen LogP contribution < -0.4 is 10.5 Å². The summed E-state index contributed by atoms with van der Waals surface area (Å²) in [6.45, 7) is 0.662. The molecule has 1 unspecified atom stereocenters. The van der Waals surface area contributed by atoms with Crippen LogP contribution in [0, 0.1) is 0 Å². The maximum Gasteiger partial charge on any atom is 0.122 e. The standard InChI is InChI=1S/C18H23NO/c1-20-18-13-6-5-12-17(18)16(14-19)11-7-10-15-8-3-2-4-9-15/h2-6,8-9,12-13,16H,7,10-11,14,19H2,1H3. The van der Waals surface area contributed by atoms with E-state index in [2.05, 4.69) is 42.5 Å². The van der Waals surface area contributed by atoms with E-state index in [1.807, 2.05) is 12.1 Å². The van der Waals surface area contributed by atoms with Crippen LogP contribution in [0.5, 0.6) is 5.75 Å². The summed E-state index contributed by atoms with van der Waals surface area (Å²) in [7, 11) is 1.72. The highest BCUT2D eigenvalue weighted by molar-refractivity contribution is 5.36. The first-order chi connectivity index (χ1) is 9.85. The lowest BCUT2D eigenvalue weighted by atomic mass is 9.92. The summed E-state index contributed by atoms with van der Waals surface area (Å²) in [5, 5.41) is 0. The lowest BCUT2D eigenvalue weighted by Gasteiger charge is -2.18. The number of ether oxygens (including phenoxy) is 1. The van der Waals surface area contributed by atoms with Gasteiger partial charge in [0.25, 0.3) is 0 Å². The number of aryl methyl sites for hydroxylation is 1. The summed E-state index contributed by atoms with van der Waals surface area (Å²) in [6.07, 6.45) is 3.34. The molecule has 2 N–H and O–H groups in total. The van der Waals surface area contributed by atoms with Gasteiger partial charge < -0.3 is 10.5 Å². The zero-order chi connectivity index (χ0) is 14.2. The molecule has 0 aliphatic heterocycles. The first kappa shape index (κ1) is 14.6. The molecule has 0 aromatic heterocycles. The van der Waals surface area contributed by atoms with Crippen LogP contribution in [0.4, 0.5) is 0 Å². The van der Waals surface area contributed by atoms with Gasteiger partial charge in [0.05, 0.1) is 7.11 Å². The maximum atomic E-state index is 5.95. The van der Waals surface area contributed by atoms with E-state index >= 15 is 0 Å². The first-order valence-electron chi connectivity index (χ1n) is 7.22. The van der Waals surface area contributed by atoms with E-state index in [0.717, 1.165) is 25.0 Å². The van der Waals surface area contributed by atoms with Gasteiger partial charge in [-0.05, 0) is 48.9 Å². The number of hydrogen-bond donors (Lipinski definition) is 1. The molecule has 2 heteroatoms. The molecule has 0 aliphatic rings. The van der Waals surface area contributed by atoms with Gasteiger partial charge in [-0.15, -0.1) is 0 Å². The largest absolute Gasteiger partial charge is 0.496 e. The van der Waals surface area contributed by atoms with Crippen LogP contribution >= 0.6 is 0 Å². The molecule has 1 atom stereocenters. The smallest absolute Gasteiger partial charge is 0.122 e. The molecule has 0 amide bonds. The number of benzene rings is 2. The van der Waals surface area contributed by atoms with E-state index in [-0.39, 0.29) is 0 Å². The van der Waals surface area contributed by atoms with Gasteiger partial charge in [0.15, 0.2) is 0 Å². The van der Waals surface area contributed by atoms with Crippen LogP contribution in [-0.4, -0.2) is 13.7 Å².